The third-order valence-electron chi connectivity index (χ3n) is 0. The van der Waals surface area contributed by atoms with Crippen molar-refractivity contribution in [2.75, 3.05) is 0 Å². The summed E-state index contributed by atoms with van der Waals surface area (Å²) >= 11 is 0. The van der Waals surface area contributed by atoms with Crippen LogP contribution in [0.15, 0.2) is 0 Å². The van der Waals surface area contributed by atoms with Gasteiger partial charge in [-0.15, -0.1) is 9.79 Å². The first-order valence-electron chi connectivity index (χ1n) is 0.583. The van der Waals surface area contributed by atoms with Gasteiger partial charge in [0.15, 0.2) is 0 Å². The molecule has 0 rings (SSSR count). The Bertz CT molecular complexity index is 41.9. The van der Waals surface area contributed by atoms with E-state index in [4.69, 9.17) is 14.4 Å². The summed E-state index contributed by atoms with van der Waals surface area (Å²) in [5.74, 6) is 0. The van der Waals surface area contributed by atoms with Gasteiger partial charge in [0.2, 0.25) is 0 Å². The van der Waals surface area contributed by atoms with Gasteiger partial charge in [-0.3, -0.25) is 0 Å². The minimum absolute atomic E-state index is 0. The Morgan fingerprint density at radius 1 is 0.292 bits per heavy atom. The van der Waals surface area contributed by atoms with Crippen molar-refractivity contribution < 1.29 is 356 Å². The van der Waals surface area contributed by atoms with Gasteiger partial charge in [0.1, 0.15) is 0 Å². The van der Waals surface area contributed by atoms with Crippen LogP contribution in [-0.4, -0.2) is 9.79 Å². The van der Waals surface area contributed by atoms with E-state index in [-0.39, 0.29) is 341 Å². The molecule has 0 radical (unpaired) electrons. The molecule has 24 heavy (non-hydrogen) atoms. The largest absolute Gasteiger partial charge is 0.692 e. The van der Waals surface area contributed by atoms with Crippen LogP contribution < -0.4 is 0 Å². The molecule has 0 spiro atoms. The molecule has 0 atom stereocenters. The molecular formula is H2Fe20O3P+. The molecule has 0 saturated heterocycles. The first-order valence-corrected chi connectivity index (χ1v) is 1.75. The molecule has 2 N–H and O–H groups in total. The standard InChI is InChI=1S/20Fe.HO3P/c;;;;;;;;;;;;;;;;;;;;1-4(2)3/h;;;;;;;;;;;;;;;;;;;;(H-,1,2,3)/p+1. The summed E-state index contributed by atoms with van der Waals surface area (Å²) in [7, 11) is -2.87. The van der Waals surface area contributed by atoms with Gasteiger partial charge in [-0.1, -0.05) is 0 Å². The average Bonchev–Trinajstić information content (AvgIpc) is 0.811. The van der Waals surface area contributed by atoms with Crippen LogP contribution in [0.1, 0.15) is 0 Å². The summed E-state index contributed by atoms with van der Waals surface area (Å²) in [6, 6.07) is 0. The minimum atomic E-state index is -2.87. The Morgan fingerprint density at radius 3 is 0.292 bits per heavy atom. The first-order chi connectivity index (χ1) is 1.73. The first kappa shape index (κ1) is 214. The summed E-state index contributed by atoms with van der Waals surface area (Å²) in [6.07, 6.45) is 0. The van der Waals surface area contributed by atoms with Crippen LogP contribution >= 0.6 is 8.25 Å². The van der Waals surface area contributed by atoms with Crippen LogP contribution in [0.5, 0.6) is 0 Å². The van der Waals surface area contributed by atoms with E-state index in [1.165, 1.54) is 0 Å². The van der Waals surface area contributed by atoms with E-state index in [1.54, 1.807) is 0 Å². The summed E-state index contributed by atoms with van der Waals surface area (Å²) < 4.78 is 8.70. The topological polar surface area (TPSA) is 57.5 Å². The van der Waals surface area contributed by atoms with E-state index >= 15 is 0 Å². The van der Waals surface area contributed by atoms with Gasteiger partial charge in [0.05, 0.1) is 0 Å². The van der Waals surface area contributed by atoms with E-state index in [1.807, 2.05) is 0 Å². The molecular weight excluding hydrogens is 1200 g/mol. The third kappa shape index (κ3) is 295. The van der Waals surface area contributed by atoms with Gasteiger partial charge in [-0.05, 0) is 0 Å². The number of rotatable bonds is 0. The molecule has 0 bridgehead atoms. The molecule has 0 fully saturated rings. The maximum Gasteiger partial charge on any atom is 0.692 e. The van der Waals surface area contributed by atoms with Crippen LogP contribution in [0.4, 0.5) is 0 Å². The summed E-state index contributed by atoms with van der Waals surface area (Å²) in [5, 5.41) is 0. The molecule has 184 valence electrons. The van der Waals surface area contributed by atoms with Gasteiger partial charge >= 0.3 is 8.25 Å². The van der Waals surface area contributed by atoms with Crippen LogP contribution in [0.25, 0.3) is 0 Å². The molecule has 0 amide bonds. The van der Waals surface area contributed by atoms with Crippen molar-refractivity contribution in [3.8, 4) is 0 Å². The van der Waals surface area contributed by atoms with E-state index in [0.717, 1.165) is 0 Å². The molecule has 3 nitrogen and oxygen atoms in total. The van der Waals surface area contributed by atoms with E-state index in [0.29, 0.717) is 0 Å². The van der Waals surface area contributed by atoms with Crippen LogP contribution in [0.3, 0.4) is 0 Å². The molecule has 0 aliphatic carbocycles. The zero-order valence-electron chi connectivity index (χ0n) is 8.82. The minimum Gasteiger partial charge on any atom is -0.134 e. The fraction of sp³-hybridized carbons (Fsp3) is 0. The fourth-order valence-corrected chi connectivity index (χ4v) is 0. The second-order valence-corrected chi connectivity index (χ2v) is 0.758. The number of hydrogen-bond donors (Lipinski definition) is 2. The molecule has 0 aromatic heterocycles. The van der Waals surface area contributed by atoms with E-state index in [2.05, 4.69) is 0 Å². The van der Waals surface area contributed by atoms with Gasteiger partial charge < -0.3 is 0 Å². The Kier molecular flexibility index (Phi) is 1740. The Labute approximate surface area is 356 Å². The summed E-state index contributed by atoms with van der Waals surface area (Å²) in [5.41, 5.74) is 0. The maximum atomic E-state index is 8.70. The molecule has 0 saturated carbocycles. The van der Waals surface area contributed by atoms with Gasteiger partial charge in [-0.2, -0.15) is 0 Å². The van der Waals surface area contributed by atoms with Crippen LogP contribution in [0.2, 0.25) is 0 Å². The predicted molar refractivity (Wildman–Crippen MR) is 12.0 cm³/mol. The zero-order chi connectivity index (χ0) is 3.58. The van der Waals surface area contributed by atoms with E-state index in [9.17, 15) is 0 Å². The maximum absolute atomic E-state index is 8.70. The Morgan fingerprint density at radius 2 is 0.292 bits per heavy atom. The molecule has 0 aromatic rings. The zero-order valence-corrected chi connectivity index (χ0v) is 31.8. The van der Waals surface area contributed by atoms with Crippen molar-refractivity contribution in [1.82, 2.24) is 0 Å². The fourth-order valence-electron chi connectivity index (χ4n) is 0. The molecule has 0 aromatic carbocycles. The van der Waals surface area contributed by atoms with Crippen molar-refractivity contribution in [3.63, 3.8) is 0 Å². The average molecular weight is 1200 g/mol. The Hall–Kier alpha value is 10.4. The smallest absolute Gasteiger partial charge is 0.134 e. The van der Waals surface area contributed by atoms with Crippen LogP contribution in [-0.2, 0) is 346 Å². The summed E-state index contributed by atoms with van der Waals surface area (Å²) in [4.78, 5) is 14.2. The van der Waals surface area contributed by atoms with Crippen molar-refractivity contribution >= 4 is 8.25 Å². The molecule has 0 aliphatic rings. The molecule has 0 aliphatic heterocycles. The van der Waals surface area contributed by atoms with Crippen molar-refractivity contribution in [1.29, 1.82) is 0 Å². The summed E-state index contributed by atoms with van der Waals surface area (Å²) in [6.45, 7) is 0. The van der Waals surface area contributed by atoms with Crippen molar-refractivity contribution in [2.45, 2.75) is 0 Å². The quantitative estimate of drug-likeness (QED) is 0.257. The Balaban J connectivity index is -0.000000000237. The van der Waals surface area contributed by atoms with E-state index < -0.39 is 8.25 Å². The number of hydrogen-bond acceptors (Lipinski definition) is 1. The molecule has 0 heterocycles. The molecule has 24 heteroatoms. The monoisotopic (exact) mass is 1200 g/mol. The molecule has 0 unspecified atom stereocenters. The van der Waals surface area contributed by atoms with Crippen molar-refractivity contribution in [3.05, 3.63) is 0 Å². The third-order valence-corrected chi connectivity index (χ3v) is 0. The second-order valence-electron chi connectivity index (χ2n) is 0.253. The second kappa shape index (κ2) is 195. The predicted octanol–water partition coefficient (Wildman–Crippen LogP) is -0.422. The van der Waals surface area contributed by atoms with Gasteiger partial charge in [-0.25, -0.2) is 0 Å². The van der Waals surface area contributed by atoms with Gasteiger partial charge in [0, 0.05) is 346 Å². The van der Waals surface area contributed by atoms with Gasteiger partial charge in [0.25, 0.3) is 0 Å². The van der Waals surface area contributed by atoms with Crippen LogP contribution in [0, 0.1) is 0 Å². The SMILES string of the molecule is O=[P+](O)O.[Fe].[Fe].[Fe].[Fe].[Fe].[Fe].[Fe].[Fe].[Fe].[Fe].[Fe].[Fe].[Fe].[Fe].[Fe].[Fe].[Fe].[Fe].[Fe].[Fe]. The normalized spacial score (nSPS) is 1.08. The van der Waals surface area contributed by atoms with Crippen molar-refractivity contribution in [2.24, 2.45) is 0 Å².